The molecule has 0 aromatic heterocycles. The molecule has 1 saturated heterocycles. The van der Waals surface area contributed by atoms with Crippen LogP contribution >= 0.6 is 11.6 Å². The van der Waals surface area contributed by atoms with E-state index in [1.54, 1.807) is 0 Å². The van der Waals surface area contributed by atoms with E-state index in [9.17, 15) is 5.11 Å². The molecule has 1 unspecified atom stereocenters. The molecule has 1 aliphatic rings. The number of hydrogen-bond acceptors (Lipinski definition) is 2. The minimum absolute atomic E-state index is 0.00814. The number of rotatable bonds is 2. The number of aliphatic hydroxyl groups excluding tert-OH is 1. The minimum Gasteiger partial charge on any atom is -0.392 e. The maximum Gasteiger partial charge on any atom is 0.0716 e. The molecule has 20 heavy (non-hydrogen) atoms. The third-order valence-corrected chi connectivity index (χ3v) is 4.90. The smallest absolute Gasteiger partial charge is 0.0716 e. The van der Waals surface area contributed by atoms with E-state index in [4.69, 9.17) is 11.6 Å². The van der Waals surface area contributed by atoms with Gasteiger partial charge < -0.3 is 10.0 Å². The average molecular weight is 296 g/mol. The van der Waals surface area contributed by atoms with Crippen LogP contribution in [0.3, 0.4) is 0 Å². The van der Waals surface area contributed by atoms with Crippen LogP contribution in [0, 0.1) is 11.3 Å². The zero-order chi connectivity index (χ0) is 14.8. The summed E-state index contributed by atoms with van der Waals surface area (Å²) in [6.45, 7) is 9.13. The van der Waals surface area contributed by atoms with Crippen molar-refractivity contribution in [2.24, 2.45) is 11.3 Å². The lowest BCUT2D eigenvalue weighted by Crippen LogP contribution is -2.27. The zero-order valence-corrected chi connectivity index (χ0v) is 13.6. The van der Waals surface area contributed by atoms with Crippen LogP contribution in [0.1, 0.15) is 45.6 Å². The van der Waals surface area contributed by atoms with Crippen LogP contribution in [0.25, 0.3) is 0 Å². The summed E-state index contributed by atoms with van der Waals surface area (Å²) in [5.74, 6) is 0.768. The maximum atomic E-state index is 9.57. The molecule has 1 aromatic carbocycles. The Morgan fingerprint density at radius 2 is 2.00 bits per heavy atom. The largest absolute Gasteiger partial charge is 0.392 e. The highest BCUT2D eigenvalue weighted by Gasteiger charge is 2.27. The van der Waals surface area contributed by atoms with Gasteiger partial charge in [0.05, 0.1) is 6.61 Å². The number of halogens is 1. The molecule has 0 saturated carbocycles. The van der Waals surface area contributed by atoms with Gasteiger partial charge in [-0.25, -0.2) is 0 Å². The van der Waals surface area contributed by atoms with Gasteiger partial charge in [0.15, 0.2) is 0 Å². The summed E-state index contributed by atoms with van der Waals surface area (Å²) in [6, 6.07) is 5.91. The monoisotopic (exact) mass is 295 g/mol. The van der Waals surface area contributed by atoms with Crippen molar-refractivity contribution in [2.45, 2.75) is 46.6 Å². The van der Waals surface area contributed by atoms with E-state index < -0.39 is 0 Å². The number of benzene rings is 1. The Bertz CT molecular complexity index is 453. The fourth-order valence-electron chi connectivity index (χ4n) is 3.20. The lowest BCUT2D eigenvalue weighted by atomic mass is 9.77. The Morgan fingerprint density at radius 1 is 1.25 bits per heavy atom. The quantitative estimate of drug-likeness (QED) is 0.869. The van der Waals surface area contributed by atoms with Crippen molar-refractivity contribution >= 4 is 17.3 Å². The summed E-state index contributed by atoms with van der Waals surface area (Å²) in [4.78, 5) is 2.39. The number of anilines is 1. The molecule has 112 valence electrons. The zero-order valence-electron chi connectivity index (χ0n) is 12.8. The molecule has 0 amide bonds. The summed E-state index contributed by atoms with van der Waals surface area (Å²) in [5.41, 5.74) is 2.35. The normalized spacial score (nSPS) is 20.9. The van der Waals surface area contributed by atoms with Crippen LogP contribution in [-0.2, 0) is 6.61 Å². The van der Waals surface area contributed by atoms with Crippen molar-refractivity contribution in [3.8, 4) is 0 Å². The highest BCUT2D eigenvalue weighted by Crippen LogP contribution is 2.36. The van der Waals surface area contributed by atoms with Crippen LogP contribution in [0.5, 0.6) is 0 Å². The first-order chi connectivity index (χ1) is 9.43. The highest BCUT2D eigenvalue weighted by atomic mass is 35.5. The molecule has 2 nitrogen and oxygen atoms in total. The van der Waals surface area contributed by atoms with Gasteiger partial charge >= 0.3 is 0 Å². The first-order valence-electron chi connectivity index (χ1n) is 7.56. The molecule has 0 bridgehead atoms. The SMILES string of the molecule is CC(C)(C)C1CCCN(c2cccc(Cl)c2CO)CC1. The third-order valence-electron chi connectivity index (χ3n) is 4.55. The molecule has 3 heteroatoms. The highest BCUT2D eigenvalue weighted by molar-refractivity contribution is 6.31. The molecule has 1 N–H and O–H groups in total. The van der Waals surface area contributed by atoms with E-state index in [1.165, 1.54) is 19.3 Å². The van der Waals surface area contributed by atoms with Gasteiger partial charge in [0.25, 0.3) is 0 Å². The van der Waals surface area contributed by atoms with Gasteiger partial charge in [-0.05, 0) is 42.7 Å². The van der Waals surface area contributed by atoms with Crippen LogP contribution in [0.4, 0.5) is 5.69 Å². The van der Waals surface area contributed by atoms with Gasteiger partial charge in [-0.15, -0.1) is 0 Å². The van der Waals surface area contributed by atoms with Crippen molar-refractivity contribution in [1.82, 2.24) is 0 Å². The summed E-state index contributed by atoms with van der Waals surface area (Å²) in [6.07, 6.45) is 3.70. The van der Waals surface area contributed by atoms with E-state index in [-0.39, 0.29) is 6.61 Å². The third kappa shape index (κ3) is 3.48. The predicted octanol–water partition coefficient (Wildman–Crippen LogP) is 4.48. The van der Waals surface area contributed by atoms with E-state index in [0.717, 1.165) is 30.3 Å². The second-order valence-electron chi connectivity index (χ2n) is 6.88. The predicted molar refractivity (Wildman–Crippen MR) is 86.4 cm³/mol. The molecule has 0 radical (unpaired) electrons. The molecular weight excluding hydrogens is 270 g/mol. The standard InChI is InChI=1S/C17H26ClNO/c1-17(2,3)13-6-5-10-19(11-9-13)16-8-4-7-15(18)14(16)12-20/h4,7-8,13,20H,5-6,9-12H2,1-3H3. The van der Waals surface area contributed by atoms with E-state index in [0.29, 0.717) is 10.4 Å². The Labute approximate surface area is 127 Å². The molecule has 1 aliphatic heterocycles. The fourth-order valence-corrected chi connectivity index (χ4v) is 3.43. The van der Waals surface area contributed by atoms with Crippen molar-refractivity contribution in [2.75, 3.05) is 18.0 Å². The molecule has 0 spiro atoms. The summed E-state index contributed by atoms with van der Waals surface area (Å²) < 4.78 is 0. The lowest BCUT2D eigenvalue weighted by Gasteiger charge is -2.30. The van der Waals surface area contributed by atoms with Crippen LogP contribution in [0.2, 0.25) is 5.02 Å². The van der Waals surface area contributed by atoms with Crippen molar-refractivity contribution in [3.63, 3.8) is 0 Å². The lowest BCUT2D eigenvalue weighted by molar-refractivity contribution is 0.220. The molecule has 2 rings (SSSR count). The number of nitrogens with zero attached hydrogens (tertiary/aromatic N) is 1. The number of hydrogen-bond donors (Lipinski definition) is 1. The second kappa shape index (κ2) is 6.36. The van der Waals surface area contributed by atoms with E-state index in [1.807, 2.05) is 12.1 Å². The van der Waals surface area contributed by atoms with Gasteiger partial charge in [-0.2, -0.15) is 0 Å². The first-order valence-corrected chi connectivity index (χ1v) is 7.94. The van der Waals surface area contributed by atoms with Gasteiger partial charge in [-0.1, -0.05) is 38.4 Å². The van der Waals surface area contributed by atoms with Gasteiger partial charge in [0.1, 0.15) is 0 Å². The van der Waals surface area contributed by atoms with Crippen LogP contribution in [0.15, 0.2) is 18.2 Å². The van der Waals surface area contributed by atoms with Gasteiger partial charge in [0, 0.05) is 29.4 Å². The molecule has 1 fully saturated rings. The van der Waals surface area contributed by atoms with Crippen LogP contribution < -0.4 is 4.90 Å². The van der Waals surface area contributed by atoms with Crippen molar-refractivity contribution in [3.05, 3.63) is 28.8 Å². The molecule has 0 aliphatic carbocycles. The summed E-state index contributed by atoms with van der Waals surface area (Å²) >= 11 is 6.20. The molecule has 1 heterocycles. The Morgan fingerprint density at radius 3 is 2.65 bits per heavy atom. The van der Waals surface area contributed by atoms with E-state index in [2.05, 4.69) is 31.7 Å². The van der Waals surface area contributed by atoms with Crippen molar-refractivity contribution < 1.29 is 5.11 Å². The summed E-state index contributed by atoms with van der Waals surface area (Å²) in [7, 11) is 0. The Balaban J connectivity index is 2.17. The van der Waals surface area contributed by atoms with Crippen molar-refractivity contribution in [1.29, 1.82) is 0 Å². The first kappa shape index (κ1) is 15.7. The maximum absolute atomic E-state index is 9.57. The van der Waals surface area contributed by atoms with Gasteiger partial charge in [0.2, 0.25) is 0 Å². The minimum atomic E-state index is 0.00814. The molecular formula is C17H26ClNO. The Kier molecular flexibility index (Phi) is 4.98. The second-order valence-corrected chi connectivity index (χ2v) is 7.28. The molecule has 1 aromatic rings. The summed E-state index contributed by atoms with van der Waals surface area (Å²) in [5, 5.41) is 10.2. The van der Waals surface area contributed by atoms with Gasteiger partial charge in [-0.3, -0.25) is 0 Å². The topological polar surface area (TPSA) is 23.5 Å². The molecule has 1 atom stereocenters. The fraction of sp³-hybridized carbons (Fsp3) is 0.647. The Hall–Kier alpha value is -0.730. The van der Waals surface area contributed by atoms with E-state index >= 15 is 0 Å². The average Bonchev–Trinajstić information content (AvgIpc) is 2.63. The van der Waals surface area contributed by atoms with Crippen LogP contribution in [-0.4, -0.2) is 18.2 Å². The number of aliphatic hydroxyl groups is 1.